The maximum atomic E-state index is 4.96. The summed E-state index contributed by atoms with van der Waals surface area (Å²) in [6, 6.07) is 2.72. The minimum Gasteiger partial charge on any atom is -0.367 e. The summed E-state index contributed by atoms with van der Waals surface area (Å²) in [6.07, 6.45) is 0. The van der Waals surface area contributed by atoms with Gasteiger partial charge in [0.25, 0.3) is 0 Å². The molecule has 0 saturated heterocycles. The van der Waals surface area contributed by atoms with Crippen molar-refractivity contribution >= 4 is 0 Å². The molecule has 0 saturated carbocycles. The molecule has 0 amide bonds. The fourth-order valence-corrected chi connectivity index (χ4v) is 0.407. The largest absolute Gasteiger partial charge is 0.367 e. The van der Waals surface area contributed by atoms with Gasteiger partial charge in [-0.05, 0) is 0 Å². The molecule has 0 aliphatic carbocycles. The van der Waals surface area contributed by atoms with Gasteiger partial charge in [0.15, 0.2) is 0 Å². The van der Waals surface area contributed by atoms with Crippen LogP contribution in [0.4, 0.5) is 0 Å². The highest BCUT2D eigenvalue weighted by Gasteiger charge is 1.84. The Labute approximate surface area is 42.9 Å². The maximum Gasteiger partial charge on any atom is 0.109 e. The minimum atomic E-state index is 0.576. The summed E-state index contributed by atoms with van der Waals surface area (Å²) in [4.78, 5) is 0. The molecule has 1 heterocycles. The van der Waals surface area contributed by atoms with E-state index in [1.807, 2.05) is 0 Å². The van der Waals surface area contributed by atoms with Crippen molar-refractivity contribution in [1.29, 1.82) is 0 Å². The molecule has 0 unspecified atom stereocenters. The number of nitrogens with one attached hydrogen (secondary N) is 1. The maximum absolute atomic E-state index is 4.96. The monoisotopic (exact) mass is 97.1 g/mol. The van der Waals surface area contributed by atoms with Gasteiger partial charge in [0, 0.05) is 12.6 Å². The van der Waals surface area contributed by atoms with Gasteiger partial charge in [0.05, 0.1) is 6.61 Å². The molecule has 1 N–H and O–H groups in total. The molecule has 2 heteroatoms. The van der Waals surface area contributed by atoms with Gasteiger partial charge in [-0.1, -0.05) is 5.92 Å². The van der Waals surface area contributed by atoms with Crippen LogP contribution in [-0.4, -0.2) is 19.8 Å². The zero-order valence-electron chi connectivity index (χ0n) is 4.03. The molecule has 1 aliphatic rings. The molecular formula is C5H7NO. The van der Waals surface area contributed by atoms with Crippen LogP contribution in [0.15, 0.2) is 0 Å². The summed E-state index contributed by atoms with van der Waals surface area (Å²) in [5.74, 6) is 2.76. The third-order valence-corrected chi connectivity index (χ3v) is 0.722. The van der Waals surface area contributed by atoms with E-state index in [1.54, 1.807) is 0 Å². The first-order valence-electron chi connectivity index (χ1n) is 2.28. The Morgan fingerprint density at radius 1 is 1.57 bits per heavy atom. The summed E-state index contributed by atoms with van der Waals surface area (Å²) in [6.45, 7) is 2.19. The van der Waals surface area contributed by atoms with Gasteiger partial charge in [-0.3, -0.25) is 0 Å². The van der Waals surface area contributed by atoms with Crippen molar-refractivity contribution in [3.05, 3.63) is 0 Å². The van der Waals surface area contributed by atoms with Gasteiger partial charge in [-0.25, -0.2) is 0 Å². The number of rotatable bonds is 0. The van der Waals surface area contributed by atoms with Crippen molar-refractivity contribution in [1.82, 2.24) is 5.32 Å². The predicted octanol–water partition coefficient (Wildman–Crippen LogP) is -0.433. The fraction of sp³-hybridized carbons (Fsp3) is 0.600. The Morgan fingerprint density at radius 3 is 3.57 bits per heavy atom. The van der Waals surface area contributed by atoms with Crippen LogP contribution in [0, 0.1) is 12.0 Å². The molecule has 0 spiro atoms. The molecule has 1 aliphatic heterocycles. The normalized spacial score (nSPS) is 18.3. The smallest absolute Gasteiger partial charge is 0.109 e. The van der Waals surface area contributed by atoms with Crippen LogP contribution in [0.1, 0.15) is 0 Å². The van der Waals surface area contributed by atoms with E-state index in [0.717, 1.165) is 13.2 Å². The van der Waals surface area contributed by atoms with Crippen LogP contribution in [0.3, 0.4) is 0 Å². The van der Waals surface area contributed by atoms with E-state index >= 15 is 0 Å². The number of ether oxygens (including phenoxy) is 1. The first-order valence-corrected chi connectivity index (χ1v) is 2.28. The lowest BCUT2D eigenvalue weighted by Gasteiger charge is -1.91. The molecule has 0 atom stereocenters. The highest BCUT2D eigenvalue weighted by molar-refractivity contribution is 4.97. The number of hydrogen-bond donors (Lipinski definition) is 1. The molecular weight excluding hydrogens is 90.1 g/mol. The van der Waals surface area contributed by atoms with Gasteiger partial charge in [-0.2, -0.15) is 0 Å². The molecule has 38 valence electrons. The highest BCUT2D eigenvalue weighted by Crippen LogP contribution is 1.72. The van der Waals surface area contributed by atoms with Crippen molar-refractivity contribution < 1.29 is 4.74 Å². The molecule has 7 heavy (non-hydrogen) atoms. The van der Waals surface area contributed by atoms with Crippen LogP contribution in [0.2, 0.25) is 0 Å². The Morgan fingerprint density at radius 2 is 2.57 bits per heavy atom. The average Bonchev–Trinajstić information content (AvgIpc) is 1.90. The van der Waals surface area contributed by atoms with E-state index in [2.05, 4.69) is 17.3 Å². The van der Waals surface area contributed by atoms with E-state index in [1.165, 1.54) is 0 Å². The zero-order chi connectivity index (χ0) is 4.95. The van der Waals surface area contributed by atoms with Gasteiger partial charge in [-0.15, -0.1) is 0 Å². The third kappa shape index (κ3) is 1.47. The lowest BCUT2D eigenvalue weighted by atomic mass is 10.7. The Balaban J connectivity index is 2.26. The molecule has 0 aromatic carbocycles. The van der Waals surface area contributed by atoms with E-state index in [-0.39, 0.29) is 0 Å². The van der Waals surface area contributed by atoms with Gasteiger partial charge in [0.1, 0.15) is 6.61 Å². The predicted molar refractivity (Wildman–Crippen MR) is 26.6 cm³/mol. The van der Waals surface area contributed by atoms with Gasteiger partial charge in [0.2, 0.25) is 0 Å². The summed E-state index contributed by atoms with van der Waals surface area (Å²) < 4.78 is 4.96. The molecule has 0 aromatic rings. The lowest BCUT2D eigenvalue weighted by Crippen LogP contribution is -2.10. The second kappa shape index (κ2) is 2.49. The topological polar surface area (TPSA) is 21.3 Å². The second-order valence-corrected chi connectivity index (χ2v) is 1.28. The van der Waals surface area contributed by atoms with E-state index in [9.17, 15) is 0 Å². The zero-order valence-corrected chi connectivity index (χ0v) is 4.03. The molecule has 1 rings (SSSR count). The van der Waals surface area contributed by atoms with Crippen molar-refractivity contribution in [2.75, 3.05) is 19.8 Å². The van der Waals surface area contributed by atoms with Crippen molar-refractivity contribution in [3.8, 4) is 12.0 Å². The fourth-order valence-electron chi connectivity index (χ4n) is 0.407. The molecule has 0 radical (unpaired) electrons. The molecule has 0 aromatic heterocycles. The Hall–Kier alpha value is -0.680. The summed E-state index contributed by atoms with van der Waals surface area (Å²) >= 11 is 0. The standard InChI is InChI=1S/C5H7NO/c1-2-6-3-5-7-4-1/h6H,3-5H2. The van der Waals surface area contributed by atoms with Crippen molar-refractivity contribution in [3.63, 3.8) is 0 Å². The van der Waals surface area contributed by atoms with E-state index < -0.39 is 0 Å². The first kappa shape index (κ1) is 4.48. The SMILES string of the molecule is C1#CNCCOC1. The van der Waals surface area contributed by atoms with Crippen LogP contribution in [0.25, 0.3) is 0 Å². The molecule has 0 bridgehead atoms. The van der Waals surface area contributed by atoms with Crippen LogP contribution in [-0.2, 0) is 4.74 Å². The Kier molecular flexibility index (Phi) is 1.59. The highest BCUT2D eigenvalue weighted by atomic mass is 16.5. The van der Waals surface area contributed by atoms with Gasteiger partial charge >= 0.3 is 0 Å². The van der Waals surface area contributed by atoms with E-state index in [4.69, 9.17) is 4.74 Å². The lowest BCUT2D eigenvalue weighted by molar-refractivity contribution is 0.175. The van der Waals surface area contributed by atoms with Crippen LogP contribution < -0.4 is 5.32 Å². The molecule has 0 fully saturated rings. The second-order valence-electron chi connectivity index (χ2n) is 1.28. The average molecular weight is 97.1 g/mol. The van der Waals surface area contributed by atoms with Gasteiger partial charge < -0.3 is 10.1 Å². The summed E-state index contributed by atoms with van der Waals surface area (Å²) in [7, 11) is 0. The first-order chi connectivity index (χ1) is 3.50. The summed E-state index contributed by atoms with van der Waals surface area (Å²) in [5, 5.41) is 2.86. The van der Waals surface area contributed by atoms with E-state index in [0.29, 0.717) is 6.61 Å². The quantitative estimate of drug-likeness (QED) is 0.414. The third-order valence-electron chi connectivity index (χ3n) is 0.722. The molecule has 2 nitrogen and oxygen atoms in total. The summed E-state index contributed by atoms with van der Waals surface area (Å²) in [5.41, 5.74) is 0. The Bertz CT molecular complexity index is 90.4. The van der Waals surface area contributed by atoms with Crippen molar-refractivity contribution in [2.45, 2.75) is 0 Å². The van der Waals surface area contributed by atoms with Crippen molar-refractivity contribution in [2.24, 2.45) is 0 Å². The van der Waals surface area contributed by atoms with Crippen LogP contribution in [0.5, 0.6) is 0 Å². The minimum absolute atomic E-state index is 0.576. The number of hydrogen-bond acceptors (Lipinski definition) is 2. The van der Waals surface area contributed by atoms with Crippen LogP contribution >= 0.6 is 0 Å².